The number of likely N-dealkylation sites (tertiary alicyclic amines) is 2. The minimum absolute atomic E-state index is 0.0436. The molecule has 1 aliphatic carbocycles. The molecule has 3 aliphatic rings. The van der Waals surface area contributed by atoms with Crippen LogP contribution in [-0.2, 0) is 9.59 Å². The van der Waals surface area contributed by atoms with E-state index in [1.165, 1.54) is 0 Å². The Bertz CT molecular complexity index is 1120. The van der Waals surface area contributed by atoms with Gasteiger partial charge in [-0.3, -0.25) is 9.59 Å². The van der Waals surface area contributed by atoms with Crippen LogP contribution in [0.4, 0.5) is 5.69 Å². The minimum Gasteiger partial charge on any atom is -0.474 e. The summed E-state index contributed by atoms with van der Waals surface area (Å²) < 4.78 is 6.19. The number of amides is 2. The molecule has 3 atom stereocenters. The molecule has 1 saturated carbocycles. The third-order valence-corrected chi connectivity index (χ3v) is 8.54. The number of rotatable bonds is 6. The van der Waals surface area contributed by atoms with Gasteiger partial charge in [-0.25, -0.2) is 4.98 Å². The molecule has 0 radical (unpaired) electrons. The van der Waals surface area contributed by atoms with E-state index in [4.69, 9.17) is 33.7 Å². The summed E-state index contributed by atoms with van der Waals surface area (Å²) in [4.78, 5) is 34.2. The highest BCUT2D eigenvalue weighted by Gasteiger charge is 2.43. The first-order valence-electron chi connectivity index (χ1n) is 12.7. The van der Waals surface area contributed by atoms with Gasteiger partial charge in [-0.05, 0) is 56.4 Å². The summed E-state index contributed by atoms with van der Waals surface area (Å²) >= 11 is 12.5. The van der Waals surface area contributed by atoms with Crippen LogP contribution in [0.1, 0.15) is 44.1 Å². The van der Waals surface area contributed by atoms with Gasteiger partial charge in [0.25, 0.3) is 0 Å². The fourth-order valence-electron chi connectivity index (χ4n) is 5.51. The zero-order valence-corrected chi connectivity index (χ0v) is 21.9. The van der Waals surface area contributed by atoms with E-state index in [9.17, 15) is 9.59 Å². The van der Waals surface area contributed by atoms with Crippen LogP contribution in [0.15, 0.2) is 36.5 Å². The molecular weight excluding hydrogens is 499 g/mol. The lowest BCUT2D eigenvalue weighted by atomic mass is 9.86. The summed E-state index contributed by atoms with van der Waals surface area (Å²) in [7, 11) is 0. The maximum Gasteiger partial charge on any atom is 0.225 e. The van der Waals surface area contributed by atoms with Gasteiger partial charge >= 0.3 is 0 Å². The number of halogens is 2. The van der Waals surface area contributed by atoms with E-state index in [0.29, 0.717) is 47.8 Å². The summed E-state index contributed by atoms with van der Waals surface area (Å²) in [6.45, 7) is 4.53. The molecule has 1 aromatic heterocycles. The van der Waals surface area contributed by atoms with E-state index in [2.05, 4.69) is 4.98 Å². The van der Waals surface area contributed by atoms with E-state index < -0.39 is 0 Å². The number of carbonyl (C=O) groups excluding carboxylic acids is 2. The first kappa shape index (κ1) is 25.2. The number of benzene rings is 1. The van der Waals surface area contributed by atoms with Crippen molar-refractivity contribution in [1.82, 2.24) is 14.8 Å². The van der Waals surface area contributed by atoms with Crippen LogP contribution >= 0.6 is 23.2 Å². The second kappa shape index (κ2) is 10.5. The Morgan fingerprint density at radius 2 is 1.67 bits per heavy atom. The van der Waals surface area contributed by atoms with Gasteiger partial charge in [0.05, 0.1) is 21.9 Å². The highest BCUT2D eigenvalue weighted by atomic mass is 35.5. The van der Waals surface area contributed by atoms with Gasteiger partial charge in [-0.15, -0.1) is 0 Å². The van der Waals surface area contributed by atoms with E-state index in [0.717, 1.165) is 31.2 Å². The summed E-state index contributed by atoms with van der Waals surface area (Å²) in [5.41, 5.74) is 7.37. The lowest BCUT2D eigenvalue weighted by molar-refractivity contribution is -0.140. The van der Waals surface area contributed by atoms with Crippen LogP contribution in [-0.4, -0.2) is 58.9 Å². The fourth-order valence-corrected chi connectivity index (χ4v) is 5.82. The van der Waals surface area contributed by atoms with Crippen molar-refractivity contribution in [3.05, 3.63) is 52.1 Å². The number of aromatic nitrogens is 1. The van der Waals surface area contributed by atoms with Gasteiger partial charge < -0.3 is 20.3 Å². The van der Waals surface area contributed by atoms with Crippen molar-refractivity contribution in [2.45, 2.75) is 44.6 Å². The number of hydrogen-bond donors (Lipinski definition) is 1. The quantitative estimate of drug-likeness (QED) is 0.588. The molecule has 2 aromatic rings. The molecule has 3 heterocycles. The Labute approximate surface area is 221 Å². The summed E-state index contributed by atoms with van der Waals surface area (Å²) in [6, 6.07) is 9.20. The normalized spacial score (nSPS) is 23.5. The van der Waals surface area contributed by atoms with Crippen LogP contribution < -0.4 is 10.5 Å². The second-order valence-electron chi connectivity index (χ2n) is 10.3. The van der Waals surface area contributed by atoms with Crippen molar-refractivity contribution in [2.24, 2.45) is 17.8 Å². The number of nitrogens with zero attached hydrogens (tertiary/aromatic N) is 3. The Hall–Kier alpha value is -2.51. The number of piperidine rings is 1. The van der Waals surface area contributed by atoms with Crippen molar-refractivity contribution in [3.8, 4) is 5.88 Å². The molecule has 7 nitrogen and oxygen atoms in total. The van der Waals surface area contributed by atoms with Crippen molar-refractivity contribution in [1.29, 1.82) is 0 Å². The van der Waals surface area contributed by atoms with Gasteiger partial charge in [0, 0.05) is 55.9 Å². The first-order valence-corrected chi connectivity index (χ1v) is 13.5. The highest BCUT2D eigenvalue weighted by Crippen LogP contribution is 2.39. The molecule has 0 bridgehead atoms. The molecule has 2 saturated heterocycles. The zero-order chi connectivity index (χ0) is 25.4. The first-order chi connectivity index (χ1) is 17.3. The van der Waals surface area contributed by atoms with Crippen LogP contribution in [0.2, 0.25) is 10.0 Å². The topological polar surface area (TPSA) is 88.8 Å². The van der Waals surface area contributed by atoms with Crippen molar-refractivity contribution in [3.63, 3.8) is 0 Å². The smallest absolute Gasteiger partial charge is 0.225 e. The minimum atomic E-state index is -0.198. The molecule has 0 spiro atoms. The summed E-state index contributed by atoms with van der Waals surface area (Å²) in [5, 5.41) is 1.00. The maximum atomic E-state index is 13.6. The molecule has 9 heteroatoms. The number of anilines is 1. The third-order valence-electron chi connectivity index (χ3n) is 7.80. The number of pyridine rings is 1. The standard InChI is InChI=1S/C27H32Cl2N4O3/c1-16(36-25-7-5-20(30)13-31-25)21-14-33(15-22(21)19-4-6-23(28)24(29)12-19)27(35)18-8-10-32(11-9-18)26(34)17-2-3-17/h4-7,12-13,16-18,21-22H,2-3,8-11,14-15,30H2,1H3/t16-,21+,22+/m0/s1. The molecule has 36 heavy (non-hydrogen) atoms. The highest BCUT2D eigenvalue weighted by molar-refractivity contribution is 6.42. The van der Waals surface area contributed by atoms with Crippen LogP contribution in [0.3, 0.4) is 0 Å². The lowest BCUT2D eigenvalue weighted by Gasteiger charge is -2.33. The average Bonchev–Trinajstić information content (AvgIpc) is 3.64. The Balaban J connectivity index is 1.30. The van der Waals surface area contributed by atoms with Crippen LogP contribution in [0, 0.1) is 17.8 Å². The molecule has 192 valence electrons. The SMILES string of the molecule is C[C@H](Oc1ccc(N)cn1)[C@H]1CN(C(=O)C2CCN(C(=O)C3CC3)CC2)C[C@@H]1c1ccc(Cl)c(Cl)c1. The van der Waals surface area contributed by atoms with Crippen LogP contribution in [0.25, 0.3) is 0 Å². The Morgan fingerprint density at radius 1 is 0.972 bits per heavy atom. The van der Waals surface area contributed by atoms with Crippen molar-refractivity contribution in [2.75, 3.05) is 31.9 Å². The fraction of sp³-hybridized carbons (Fsp3) is 0.519. The largest absolute Gasteiger partial charge is 0.474 e. The average molecular weight is 531 g/mol. The van der Waals surface area contributed by atoms with E-state index in [1.807, 2.05) is 28.9 Å². The maximum absolute atomic E-state index is 13.6. The molecule has 3 fully saturated rings. The van der Waals surface area contributed by atoms with Gasteiger partial charge in [0.15, 0.2) is 0 Å². The monoisotopic (exact) mass is 530 g/mol. The lowest BCUT2D eigenvalue weighted by Crippen LogP contribution is -2.44. The Kier molecular flexibility index (Phi) is 7.31. The number of carbonyl (C=O) groups is 2. The van der Waals surface area contributed by atoms with E-state index >= 15 is 0 Å². The molecule has 1 aromatic carbocycles. The molecule has 0 unspecified atom stereocenters. The zero-order valence-electron chi connectivity index (χ0n) is 20.4. The van der Waals surface area contributed by atoms with Gasteiger partial charge in [-0.2, -0.15) is 0 Å². The predicted molar refractivity (Wildman–Crippen MR) is 140 cm³/mol. The van der Waals surface area contributed by atoms with Crippen LogP contribution in [0.5, 0.6) is 5.88 Å². The third kappa shape index (κ3) is 5.42. The second-order valence-corrected chi connectivity index (χ2v) is 11.1. The number of nitrogen functional groups attached to an aromatic ring is 1. The molecule has 2 amide bonds. The molecule has 2 aliphatic heterocycles. The number of ether oxygens (including phenoxy) is 1. The molecule has 2 N–H and O–H groups in total. The summed E-state index contributed by atoms with van der Waals surface area (Å²) in [5.74, 6) is 1.19. The van der Waals surface area contributed by atoms with Gasteiger partial charge in [0.1, 0.15) is 6.10 Å². The number of nitrogens with two attached hydrogens (primary N) is 1. The predicted octanol–water partition coefficient (Wildman–Crippen LogP) is 4.63. The Morgan fingerprint density at radius 3 is 2.31 bits per heavy atom. The van der Waals surface area contributed by atoms with Crippen molar-refractivity contribution < 1.29 is 14.3 Å². The molecule has 5 rings (SSSR count). The molecular formula is C27H32Cl2N4O3. The van der Waals surface area contributed by atoms with Gasteiger partial charge in [0.2, 0.25) is 17.7 Å². The van der Waals surface area contributed by atoms with E-state index in [1.54, 1.807) is 24.4 Å². The summed E-state index contributed by atoms with van der Waals surface area (Å²) in [6.07, 6.45) is 4.83. The van der Waals surface area contributed by atoms with E-state index in [-0.39, 0.29) is 41.6 Å². The van der Waals surface area contributed by atoms with Gasteiger partial charge in [-0.1, -0.05) is 29.3 Å². The van der Waals surface area contributed by atoms with Crippen molar-refractivity contribution >= 4 is 40.7 Å². The number of hydrogen-bond acceptors (Lipinski definition) is 5.